The molecule has 0 amide bonds. The van der Waals surface area contributed by atoms with Crippen molar-refractivity contribution in [3.8, 4) is 22.6 Å². The van der Waals surface area contributed by atoms with Gasteiger partial charge in [-0.25, -0.2) is 16.8 Å². The number of aliphatic hydroxyl groups excluding tert-OH is 2. The number of methoxy groups -OCH3 is 1. The molecule has 5 N–H and O–H groups in total. The normalized spacial score (nSPS) is 21.0. The average Bonchev–Trinajstić information content (AvgIpc) is 3.85. The fraction of sp³-hybridized carbons (Fsp3) is 0.486. The molecule has 2 aliphatic heterocycles. The molecule has 3 aliphatic rings. The zero-order chi connectivity index (χ0) is 34.9. The zero-order valence-electron chi connectivity index (χ0n) is 27.6. The number of sulfonamides is 1. The van der Waals surface area contributed by atoms with Gasteiger partial charge in [-0.2, -0.15) is 4.31 Å². The van der Waals surface area contributed by atoms with Gasteiger partial charge in [-0.05, 0) is 79.6 Å². The number of hydrogen-bond donors (Lipinski definition) is 4. The predicted octanol–water partition coefficient (Wildman–Crippen LogP) is 2.46. The fourth-order valence-electron chi connectivity index (χ4n) is 6.69. The van der Waals surface area contributed by atoms with Crippen molar-refractivity contribution < 1.29 is 41.3 Å². The van der Waals surface area contributed by atoms with E-state index < -0.39 is 42.9 Å². The zero-order valence-corrected chi connectivity index (χ0v) is 29.2. The van der Waals surface area contributed by atoms with Crippen LogP contribution in [0.4, 0.5) is 0 Å². The molecule has 266 valence electrons. The number of benzene rings is 3. The van der Waals surface area contributed by atoms with E-state index in [1.165, 1.54) is 16.4 Å². The number of ether oxygens (including phenoxy) is 3. The van der Waals surface area contributed by atoms with Gasteiger partial charge in [0, 0.05) is 37.8 Å². The number of nitrogens with one attached hydrogen (secondary N) is 1. The molecule has 0 aromatic heterocycles. The minimum atomic E-state index is -3.76. The van der Waals surface area contributed by atoms with Gasteiger partial charge < -0.3 is 35.5 Å². The van der Waals surface area contributed by atoms with Gasteiger partial charge in [-0.3, -0.25) is 0 Å². The van der Waals surface area contributed by atoms with Crippen LogP contribution in [0.25, 0.3) is 11.1 Å². The highest BCUT2D eigenvalue weighted by Gasteiger charge is 2.54. The summed E-state index contributed by atoms with van der Waals surface area (Å²) in [5.74, 6) is 0.905. The van der Waals surface area contributed by atoms with E-state index in [1.54, 1.807) is 37.4 Å². The second kappa shape index (κ2) is 14.3. The molecule has 0 radical (unpaired) electrons. The first-order chi connectivity index (χ1) is 23.4. The topological polar surface area (TPSA) is 178 Å². The molecule has 3 aromatic rings. The summed E-state index contributed by atoms with van der Waals surface area (Å²) in [4.78, 5) is 0.301. The third kappa shape index (κ3) is 7.38. The summed E-state index contributed by atoms with van der Waals surface area (Å²) in [5.41, 5.74) is 7.79. The van der Waals surface area contributed by atoms with Crippen LogP contribution >= 0.6 is 0 Å². The number of sulfone groups is 1. The first-order valence-electron chi connectivity index (χ1n) is 16.6. The second-order valence-corrected chi connectivity index (χ2v) is 17.5. The lowest BCUT2D eigenvalue weighted by Gasteiger charge is -2.38. The lowest BCUT2D eigenvalue weighted by Crippen LogP contribution is -2.47. The molecule has 14 heteroatoms. The number of piperidine rings is 1. The number of aliphatic hydroxyl groups is 2. The van der Waals surface area contributed by atoms with E-state index >= 15 is 0 Å². The van der Waals surface area contributed by atoms with Crippen molar-refractivity contribution in [3.63, 3.8) is 0 Å². The summed E-state index contributed by atoms with van der Waals surface area (Å²) in [6, 6.07) is 18.7. The number of hydrogen-bond acceptors (Lipinski definition) is 11. The maximum atomic E-state index is 13.7. The summed E-state index contributed by atoms with van der Waals surface area (Å²) in [6.45, 7) is 1.30. The molecule has 3 aromatic carbocycles. The standard InChI is InChI=1S/C35H45N3O9S2/c1-45-33-10-9-31(18-32(33)26-7-5-25(20-36)6-8-26)49(43,44)38-15-13-34(14-16-38)19-27(22-47-34)37-21-28(40)23-46-29-3-2-4-30(17-29)48(41,42)35(24-39)11-12-35/h2-10,17-18,27-28,37,39-40H,11-16,19-24,36H2,1H3/t27-,28?/m1/s1. The fourth-order valence-corrected chi connectivity index (χ4v) is 9.99. The minimum Gasteiger partial charge on any atom is -0.496 e. The van der Waals surface area contributed by atoms with Crippen LogP contribution in [-0.4, -0.2) is 100 Å². The molecule has 0 bridgehead atoms. The van der Waals surface area contributed by atoms with Crippen LogP contribution in [0.15, 0.2) is 76.5 Å². The van der Waals surface area contributed by atoms with Crippen LogP contribution in [0.1, 0.15) is 37.7 Å². The molecule has 49 heavy (non-hydrogen) atoms. The monoisotopic (exact) mass is 715 g/mol. The van der Waals surface area contributed by atoms with Crippen LogP contribution in [0.3, 0.4) is 0 Å². The Bertz CT molecular complexity index is 1840. The van der Waals surface area contributed by atoms with Gasteiger partial charge in [0.15, 0.2) is 9.84 Å². The molecule has 1 unspecified atom stereocenters. The molecule has 2 heterocycles. The van der Waals surface area contributed by atoms with Crippen molar-refractivity contribution in [2.24, 2.45) is 5.73 Å². The van der Waals surface area contributed by atoms with Crippen LogP contribution in [0, 0.1) is 0 Å². The van der Waals surface area contributed by atoms with Crippen LogP contribution in [0.5, 0.6) is 11.5 Å². The van der Waals surface area contributed by atoms with E-state index in [0.29, 0.717) is 75.4 Å². The van der Waals surface area contributed by atoms with E-state index in [4.69, 9.17) is 19.9 Å². The van der Waals surface area contributed by atoms with E-state index in [2.05, 4.69) is 5.32 Å². The van der Waals surface area contributed by atoms with Crippen molar-refractivity contribution in [1.29, 1.82) is 0 Å². The Labute approximate surface area is 288 Å². The Morgan fingerprint density at radius 1 is 1.00 bits per heavy atom. The molecule has 6 rings (SSSR count). The number of nitrogens with two attached hydrogens (primary N) is 1. The highest BCUT2D eigenvalue weighted by atomic mass is 32.2. The van der Waals surface area contributed by atoms with Gasteiger partial charge in [-0.1, -0.05) is 30.3 Å². The molecule has 12 nitrogen and oxygen atoms in total. The van der Waals surface area contributed by atoms with Crippen molar-refractivity contribution in [3.05, 3.63) is 72.3 Å². The van der Waals surface area contributed by atoms with Gasteiger partial charge in [0.25, 0.3) is 0 Å². The number of rotatable bonds is 14. The Balaban J connectivity index is 0.996. The average molecular weight is 716 g/mol. The molecule has 3 fully saturated rings. The van der Waals surface area contributed by atoms with E-state index in [-0.39, 0.29) is 29.0 Å². The smallest absolute Gasteiger partial charge is 0.243 e. The molecular formula is C35H45N3O9S2. The van der Waals surface area contributed by atoms with Gasteiger partial charge in [-0.15, -0.1) is 0 Å². The highest BCUT2D eigenvalue weighted by Crippen LogP contribution is 2.46. The van der Waals surface area contributed by atoms with E-state index in [1.807, 2.05) is 24.3 Å². The van der Waals surface area contributed by atoms with Crippen molar-refractivity contribution >= 4 is 19.9 Å². The van der Waals surface area contributed by atoms with Crippen LogP contribution < -0.4 is 20.5 Å². The largest absolute Gasteiger partial charge is 0.496 e. The maximum absolute atomic E-state index is 13.7. The molecule has 1 aliphatic carbocycles. The second-order valence-electron chi connectivity index (χ2n) is 13.3. The first-order valence-corrected chi connectivity index (χ1v) is 19.5. The van der Waals surface area contributed by atoms with Gasteiger partial charge in [0.1, 0.15) is 24.2 Å². The summed E-state index contributed by atoms with van der Waals surface area (Å²) < 4.78 is 71.2. The van der Waals surface area contributed by atoms with Crippen molar-refractivity contribution in [2.45, 2.75) is 70.9 Å². The maximum Gasteiger partial charge on any atom is 0.243 e. The van der Waals surface area contributed by atoms with Gasteiger partial charge >= 0.3 is 0 Å². The molecular weight excluding hydrogens is 671 g/mol. The third-order valence-electron chi connectivity index (χ3n) is 10.0. The molecule has 2 saturated heterocycles. The van der Waals surface area contributed by atoms with Crippen LogP contribution in [-0.2, 0) is 31.1 Å². The summed E-state index contributed by atoms with van der Waals surface area (Å²) >= 11 is 0. The molecule has 2 atom stereocenters. The lowest BCUT2D eigenvalue weighted by atomic mass is 9.88. The van der Waals surface area contributed by atoms with Crippen molar-refractivity contribution in [1.82, 2.24) is 9.62 Å². The minimum absolute atomic E-state index is 0.0192. The number of nitrogens with zero attached hydrogens (tertiary/aromatic N) is 1. The Kier molecular flexibility index (Phi) is 10.4. The van der Waals surface area contributed by atoms with Crippen molar-refractivity contribution in [2.75, 3.05) is 46.6 Å². The predicted molar refractivity (Wildman–Crippen MR) is 184 cm³/mol. The van der Waals surface area contributed by atoms with Gasteiger partial charge in [0.05, 0.1) is 40.5 Å². The summed E-state index contributed by atoms with van der Waals surface area (Å²) in [6.07, 6.45) is 1.80. The highest BCUT2D eigenvalue weighted by molar-refractivity contribution is 7.93. The molecule has 1 spiro atoms. The Hall–Kier alpha value is -3.08. The quantitative estimate of drug-likeness (QED) is 0.193. The SMILES string of the molecule is COc1ccc(S(=O)(=O)N2CCC3(CC2)C[C@@H](NCC(O)COc2cccc(S(=O)(=O)C4(CO)CC4)c2)CO3)cc1-c1ccc(CN)cc1. The summed E-state index contributed by atoms with van der Waals surface area (Å²) in [5, 5.41) is 23.5. The van der Waals surface area contributed by atoms with Gasteiger partial charge in [0.2, 0.25) is 10.0 Å². The Morgan fingerprint density at radius 3 is 2.39 bits per heavy atom. The Morgan fingerprint density at radius 2 is 1.73 bits per heavy atom. The van der Waals surface area contributed by atoms with Crippen LogP contribution in [0.2, 0.25) is 0 Å². The lowest BCUT2D eigenvalue weighted by molar-refractivity contribution is -0.0312. The molecule has 1 saturated carbocycles. The third-order valence-corrected chi connectivity index (χ3v) is 14.5. The summed E-state index contributed by atoms with van der Waals surface area (Å²) in [7, 11) is -5.88. The first kappa shape index (κ1) is 35.7. The van der Waals surface area contributed by atoms with E-state index in [0.717, 1.165) is 11.1 Å². The van der Waals surface area contributed by atoms with E-state index in [9.17, 15) is 27.0 Å².